The van der Waals surface area contributed by atoms with E-state index in [-0.39, 0.29) is 0 Å². The van der Waals surface area contributed by atoms with E-state index in [1.807, 2.05) is 36.4 Å². The Morgan fingerprint density at radius 3 is 2.83 bits per heavy atom. The van der Waals surface area contributed by atoms with Gasteiger partial charge in [0.05, 0.1) is 19.8 Å². The van der Waals surface area contributed by atoms with Gasteiger partial charge in [0, 0.05) is 21.5 Å². The first-order valence-electron chi connectivity index (χ1n) is 9.07. The monoisotopic (exact) mass is 486 g/mol. The second kappa shape index (κ2) is 8.93. The number of benzene rings is 2. The van der Waals surface area contributed by atoms with E-state index in [4.69, 9.17) is 14.2 Å². The topological polar surface area (TPSA) is 78.4 Å². The number of halogens is 1. The molecule has 0 aliphatic carbocycles. The summed E-state index contributed by atoms with van der Waals surface area (Å²) in [6.45, 7) is 3.74. The summed E-state index contributed by atoms with van der Waals surface area (Å²) in [5.74, 6) is 2.23. The van der Waals surface area contributed by atoms with Crippen LogP contribution in [-0.4, -0.2) is 35.2 Å². The van der Waals surface area contributed by atoms with Crippen molar-refractivity contribution in [1.82, 2.24) is 15.2 Å². The number of para-hydroxylation sites is 1. The molecule has 1 aliphatic rings. The van der Waals surface area contributed by atoms with E-state index in [1.165, 1.54) is 11.8 Å². The Labute approximate surface area is 187 Å². The van der Waals surface area contributed by atoms with Crippen molar-refractivity contribution < 1.29 is 14.2 Å². The Hall–Kier alpha value is -2.78. The number of anilines is 1. The van der Waals surface area contributed by atoms with Crippen LogP contribution in [0.3, 0.4) is 0 Å². The van der Waals surface area contributed by atoms with Crippen LogP contribution in [-0.2, 0) is 0 Å². The smallest absolute Gasteiger partial charge is 0.247 e. The molecular formula is C21H19BrN4O3S. The van der Waals surface area contributed by atoms with Crippen molar-refractivity contribution in [2.24, 2.45) is 0 Å². The van der Waals surface area contributed by atoms with Crippen molar-refractivity contribution >= 4 is 33.4 Å². The molecule has 9 heteroatoms. The summed E-state index contributed by atoms with van der Waals surface area (Å²) in [7, 11) is 3.20. The fourth-order valence-electron chi connectivity index (χ4n) is 3.14. The molecule has 30 heavy (non-hydrogen) atoms. The minimum absolute atomic E-state index is 0.389. The lowest BCUT2D eigenvalue weighted by atomic mass is 10.1. The Bertz CT molecular complexity index is 1100. The average Bonchev–Trinajstić information content (AvgIpc) is 2.93. The van der Waals surface area contributed by atoms with Gasteiger partial charge in [-0.05, 0) is 18.2 Å². The summed E-state index contributed by atoms with van der Waals surface area (Å²) in [5.41, 5.74) is 3.04. The van der Waals surface area contributed by atoms with Gasteiger partial charge in [-0.15, -0.1) is 16.8 Å². The molecule has 0 spiro atoms. The van der Waals surface area contributed by atoms with Gasteiger partial charge < -0.3 is 19.5 Å². The van der Waals surface area contributed by atoms with Gasteiger partial charge >= 0.3 is 0 Å². The molecule has 1 atom stereocenters. The number of nitrogens with zero attached hydrogens (tertiary/aromatic N) is 3. The zero-order chi connectivity index (χ0) is 21.1. The maximum absolute atomic E-state index is 6.32. The summed E-state index contributed by atoms with van der Waals surface area (Å²) in [5, 5.41) is 12.6. The van der Waals surface area contributed by atoms with Crippen molar-refractivity contribution in [3.05, 3.63) is 59.1 Å². The molecule has 4 rings (SSSR count). The quantitative estimate of drug-likeness (QED) is 0.380. The van der Waals surface area contributed by atoms with Crippen LogP contribution < -0.4 is 19.5 Å². The molecule has 1 aromatic heterocycles. The molecular weight excluding hydrogens is 468 g/mol. The van der Waals surface area contributed by atoms with Gasteiger partial charge in [-0.25, -0.2) is 0 Å². The molecule has 1 N–H and O–H groups in total. The lowest BCUT2D eigenvalue weighted by Crippen LogP contribution is -2.18. The number of thioether (sulfide) groups is 1. The fraction of sp³-hybridized carbons (Fsp3) is 0.190. The van der Waals surface area contributed by atoms with E-state index >= 15 is 0 Å². The second-order valence-electron chi connectivity index (χ2n) is 6.27. The SMILES string of the molecule is C=CCSc1nnc2c(n1)O[C@H](c1cc(Br)cc(OC)c1OC)Nc1ccccc1-2. The minimum Gasteiger partial charge on any atom is -0.493 e. The molecule has 3 aromatic rings. The summed E-state index contributed by atoms with van der Waals surface area (Å²) in [6.07, 6.45) is 1.20. The summed E-state index contributed by atoms with van der Waals surface area (Å²) >= 11 is 4.98. The van der Waals surface area contributed by atoms with E-state index in [0.717, 1.165) is 21.3 Å². The van der Waals surface area contributed by atoms with Crippen LogP contribution in [0.25, 0.3) is 11.3 Å². The van der Waals surface area contributed by atoms with Crippen LogP contribution in [0, 0.1) is 0 Å². The third-order valence-corrected chi connectivity index (χ3v) is 5.71. The molecule has 0 bridgehead atoms. The summed E-state index contributed by atoms with van der Waals surface area (Å²) < 4.78 is 18.3. The molecule has 1 aliphatic heterocycles. The maximum Gasteiger partial charge on any atom is 0.247 e. The molecule has 0 saturated heterocycles. The predicted molar refractivity (Wildman–Crippen MR) is 120 cm³/mol. The number of fused-ring (bicyclic) bond motifs is 3. The van der Waals surface area contributed by atoms with Crippen LogP contribution in [0.1, 0.15) is 11.8 Å². The van der Waals surface area contributed by atoms with Gasteiger partial charge in [0.2, 0.25) is 17.3 Å². The fourth-order valence-corrected chi connectivity index (χ4v) is 4.10. The van der Waals surface area contributed by atoms with E-state index < -0.39 is 6.23 Å². The highest BCUT2D eigenvalue weighted by molar-refractivity contribution is 9.10. The lowest BCUT2D eigenvalue weighted by molar-refractivity contribution is 0.218. The van der Waals surface area contributed by atoms with Gasteiger partial charge in [0.15, 0.2) is 17.2 Å². The van der Waals surface area contributed by atoms with Crippen molar-refractivity contribution in [2.75, 3.05) is 25.3 Å². The van der Waals surface area contributed by atoms with Gasteiger partial charge in [-0.3, -0.25) is 0 Å². The number of hydrogen-bond donors (Lipinski definition) is 1. The number of nitrogens with one attached hydrogen (secondary N) is 1. The molecule has 154 valence electrons. The second-order valence-corrected chi connectivity index (χ2v) is 8.17. The lowest BCUT2D eigenvalue weighted by Gasteiger charge is -2.22. The number of aromatic nitrogens is 3. The zero-order valence-corrected chi connectivity index (χ0v) is 18.8. The third-order valence-electron chi connectivity index (χ3n) is 4.42. The molecule has 0 amide bonds. The van der Waals surface area contributed by atoms with Gasteiger partial charge in [0.25, 0.3) is 0 Å². The zero-order valence-electron chi connectivity index (χ0n) is 16.4. The Morgan fingerprint density at radius 2 is 2.07 bits per heavy atom. The normalized spacial score (nSPS) is 14.4. The number of rotatable bonds is 6. The van der Waals surface area contributed by atoms with Crippen LogP contribution in [0.4, 0.5) is 5.69 Å². The van der Waals surface area contributed by atoms with Crippen LogP contribution >= 0.6 is 27.7 Å². The molecule has 0 saturated carbocycles. The Morgan fingerprint density at radius 1 is 1.23 bits per heavy atom. The standard InChI is InChI=1S/C21H19BrN4O3S/c1-4-9-30-21-24-20-17(25-26-21)13-7-5-6-8-15(13)23-19(29-20)14-10-12(22)11-16(27-2)18(14)28-3/h4-8,10-11,19,23H,1,9H2,2-3H3/t19-/m1/s1. The molecule has 7 nitrogen and oxygen atoms in total. The van der Waals surface area contributed by atoms with Crippen LogP contribution in [0.15, 0.2) is 58.7 Å². The minimum atomic E-state index is -0.595. The largest absolute Gasteiger partial charge is 0.493 e. The summed E-state index contributed by atoms with van der Waals surface area (Å²) in [6, 6.07) is 11.6. The van der Waals surface area contributed by atoms with Gasteiger partial charge in [-0.2, -0.15) is 4.98 Å². The van der Waals surface area contributed by atoms with Crippen LogP contribution in [0.2, 0.25) is 0 Å². The number of hydrogen-bond acceptors (Lipinski definition) is 8. The molecule has 0 fully saturated rings. The Kier molecular flexibility index (Phi) is 6.10. The molecule has 0 radical (unpaired) electrons. The first-order chi connectivity index (χ1) is 14.6. The number of ether oxygens (including phenoxy) is 3. The molecule has 2 aromatic carbocycles. The third kappa shape index (κ3) is 3.95. The first kappa shape index (κ1) is 20.5. The predicted octanol–water partition coefficient (Wildman–Crippen LogP) is 5.10. The Balaban J connectivity index is 1.86. The highest BCUT2D eigenvalue weighted by Gasteiger charge is 2.29. The highest BCUT2D eigenvalue weighted by Crippen LogP contribution is 2.44. The van der Waals surface area contributed by atoms with Gasteiger partial charge in [0.1, 0.15) is 0 Å². The molecule has 2 heterocycles. The highest BCUT2D eigenvalue weighted by atomic mass is 79.9. The summed E-state index contributed by atoms with van der Waals surface area (Å²) in [4.78, 5) is 4.60. The van der Waals surface area contributed by atoms with Crippen LogP contribution in [0.5, 0.6) is 17.4 Å². The van der Waals surface area contributed by atoms with Gasteiger partial charge in [-0.1, -0.05) is 52.0 Å². The van der Waals surface area contributed by atoms with E-state index in [9.17, 15) is 0 Å². The average molecular weight is 487 g/mol. The van der Waals surface area contributed by atoms with Crippen molar-refractivity contribution in [2.45, 2.75) is 11.4 Å². The maximum atomic E-state index is 6.32. The van der Waals surface area contributed by atoms with E-state index in [1.54, 1.807) is 20.3 Å². The van der Waals surface area contributed by atoms with Crippen molar-refractivity contribution in [1.29, 1.82) is 0 Å². The van der Waals surface area contributed by atoms with Crippen molar-refractivity contribution in [3.8, 4) is 28.6 Å². The molecule has 0 unspecified atom stereocenters. The van der Waals surface area contributed by atoms with E-state index in [2.05, 4.69) is 43.0 Å². The van der Waals surface area contributed by atoms with E-state index in [0.29, 0.717) is 34.0 Å². The number of methoxy groups -OCH3 is 2. The van der Waals surface area contributed by atoms with Crippen molar-refractivity contribution in [3.63, 3.8) is 0 Å². The first-order valence-corrected chi connectivity index (χ1v) is 10.8.